The zero-order valence-electron chi connectivity index (χ0n) is 10.4. The fourth-order valence-corrected chi connectivity index (χ4v) is 2.24. The van der Waals surface area contributed by atoms with Crippen molar-refractivity contribution < 1.29 is 4.79 Å². The van der Waals surface area contributed by atoms with Gasteiger partial charge in [0.1, 0.15) is 0 Å². The van der Waals surface area contributed by atoms with Crippen LogP contribution in [0.25, 0.3) is 0 Å². The molecule has 0 saturated carbocycles. The van der Waals surface area contributed by atoms with Gasteiger partial charge in [-0.15, -0.1) is 11.3 Å². The summed E-state index contributed by atoms with van der Waals surface area (Å²) in [6, 6.07) is 7.18. The number of anilines is 1. The van der Waals surface area contributed by atoms with Crippen LogP contribution in [0, 0.1) is 18.8 Å². The van der Waals surface area contributed by atoms with Gasteiger partial charge in [-0.1, -0.05) is 11.8 Å². The van der Waals surface area contributed by atoms with Gasteiger partial charge in [0.15, 0.2) is 0 Å². The molecule has 5 heteroatoms. The standard InChI is InChI=1S/C14H13N3OS/c1-10-12(5-3-9-16-10)17-14(18)13-7-6-11(19-13)4-2-8-15/h3,5-7,9H,8,15H2,1H3,(H,17,18). The fourth-order valence-electron chi connectivity index (χ4n) is 1.47. The molecule has 0 saturated heterocycles. The van der Waals surface area contributed by atoms with Gasteiger partial charge in [0, 0.05) is 6.20 Å². The lowest BCUT2D eigenvalue weighted by atomic mass is 10.3. The van der Waals surface area contributed by atoms with Crippen LogP contribution >= 0.6 is 11.3 Å². The van der Waals surface area contributed by atoms with E-state index < -0.39 is 0 Å². The number of carbonyl (C=O) groups is 1. The second kappa shape index (κ2) is 6.14. The number of carbonyl (C=O) groups excluding carboxylic acids is 1. The number of rotatable bonds is 2. The molecule has 2 aromatic rings. The lowest BCUT2D eigenvalue weighted by Crippen LogP contribution is -2.11. The summed E-state index contributed by atoms with van der Waals surface area (Å²) in [5.41, 5.74) is 6.81. The molecule has 0 fully saturated rings. The molecular formula is C14H13N3OS. The van der Waals surface area contributed by atoms with Crippen LogP contribution in [0.4, 0.5) is 5.69 Å². The summed E-state index contributed by atoms with van der Waals surface area (Å²) in [6.07, 6.45) is 1.69. The molecule has 0 atom stereocenters. The molecule has 2 heterocycles. The van der Waals surface area contributed by atoms with Crippen LogP contribution in [0.15, 0.2) is 30.5 Å². The van der Waals surface area contributed by atoms with Crippen molar-refractivity contribution in [2.75, 3.05) is 11.9 Å². The Kier molecular flexibility index (Phi) is 4.29. The molecule has 0 spiro atoms. The van der Waals surface area contributed by atoms with Crippen molar-refractivity contribution in [1.29, 1.82) is 0 Å². The molecule has 0 bridgehead atoms. The quantitative estimate of drug-likeness (QED) is 0.821. The maximum absolute atomic E-state index is 12.1. The van der Waals surface area contributed by atoms with Crippen LogP contribution < -0.4 is 11.1 Å². The molecule has 4 nitrogen and oxygen atoms in total. The van der Waals surface area contributed by atoms with Crippen molar-refractivity contribution in [2.45, 2.75) is 6.92 Å². The van der Waals surface area contributed by atoms with E-state index in [1.807, 2.05) is 19.1 Å². The number of thiophene rings is 1. The highest BCUT2D eigenvalue weighted by Crippen LogP contribution is 2.18. The van der Waals surface area contributed by atoms with E-state index in [-0.39, 0.29) is 5.91 Å². The summed E-state index contributed by atoms with van der Waals surface area (Å²) < 4.78 is 0. The Labute approximate surface area is 115 Å². The second-order valence-corrected chi connectivity index (χ2v) is 4.84. The number of hydrogen-bond donors (Lipinski definition) is 2. The lowest BCUT2D eigenvalue weighted by Gasteiger charge is -2.05. The van der Waals surface area contributed by atoms with E-state index in [2.05, 4.69) is 22.1 Å². The monoisotopic (exact) mass is 271 g/mol. The van der Waals surface area contributed by atoms with Crippen molar-refractivity contribution in [3.8, 4) is 11.8 Å². The van der Waals surface area contributed by atoms with Gasteiger partial charge in [-0.25, -0.2) is 0 Å². The van der Waals surface area contributed by atoms with Gasteiger partial charge in [-0.05, 0) is 31.2 Å². The Morgan fingerprint density at radius 3 is 3.05 bits per heavy atom. The third kappa shape index (κ3) is 3.41. The number of nitrogens with one attached hydrogen (secondary N) is 1. The van der Waals surface area contributed by atoms with Crippen LogP contribution in [0.5, 0.6) is 0 Å². The number of aromatic nitrogens is 1. The lowest BCUT2D eigenvalue weighted by molar-refractivity contribution is 0.103. The molecule has 0 radical (unpaired) electrons. The molecule has 1 amide bonds. The number of nitrogens with zero attached hydrogens (tertiary/aromatic N) is 1. The summed E-state index contributed by atoms with van der Waals surface area (Å²) >= 11 is 1.34. The fraction of sp³-hybridized carbons (Fsp3) is 0.143. The number of aryl methyl sites for hydroxylation is 1. The van der Waals surface area contributed by atoms with E-state index in [4.69, 9.17) is 5.73 Å². The molecule has 0 aliphatic rings. The van der Waals surface area contributed by atoms with Crippen molar-refractivity contribution in [1.82, 2.24) is 4.98 Å². The summed E-state index contributed by atoms with van der Waals surface area (Å²) in [6.45, 7) is 2.16. The van der Waals surface area contributed by atoms with E-state index in [0.29, 0.717) is 11.4 Å². The molecule has 2 aromatic heterocycles. The van der Waals surface area contributed by atoms with E-state index >= 15 is 0 Å². The first-order valence-corrected chi connectivity index (χ1v) is 6.54. The first-order chi connectivity index (χ1) is 9.20. The van der Waals surface area contributed by atoms with Crippen molar-refractivity contribution >= 4 is 22.9 Å². The van der Waals surface area contributed by atoms with Crippen LogP contribution in [0.3, 0.4) is 0 Å². The molecule has 19 heavy (non-hydrogen) atoms. The van der Waals surface area contributed by atoms with Crippen LogP contribution in [0.2, 0.25) is 0 Å². The third-order valence-corrected chi connectivity index (χ3v) is 3.40. The van der Waals surface area contributed by atoms with Crippen molar-refractivity contribution in [3.63, 3.8) is 0 Å². The Morgan fingerprint density at radius 2 is 2.32 bits per heavy atom. The number of hydrogen-bond acceptors (Lipinski definition) is 4. The van der Waals surface area contributed by atoms with Gasteiger partial charge < -0.3 is 11.1 Å². The van der Waals surface area contributed by atoms with E-state index in [1.165, 1.54) is 11.3 Å². The van der Waals surface area contributed by atoms with E-state index in [1.54, 1.807) is 18.3 Å². The number of amides is 1. The average molecular weight is 271 g/mol. The maximum Gasteiger partial charge on any atom is 0.265 e. The Bertz CT molecular complexity index is 652. The summed E-state index contributed by atoms with van der Waals surface area (Å²) in [7, 11) is 0. The predicted octanol–water partition coefficient (Wildman–Crippen LogP) is 2.01. The van der Waals surface area contributed by atoms with E-state index in [9.17, 15) is 4.79 Å². The molecule has 0 aliphatic heterocycles. The van der Waals surface area contributed by atoms with Crippen molar-refractivity contribution in [2.24, 2.45) is 5.73 Å². The van der Waals surface area contributed by atoms with Crippen LogP contribution in [-0.4, -0.2) is 17.4 Å². The Morgan fingerprint density at radius 1 is 1.47 bits per heavy atom. The Balaban J connectivity index is 2.12. The molecule has 0 aliphatic carbocycles. The minimum Gasteiger partial charge on any atom is -0.320 e. The maximum atomic E-state index is 12.1. The molecule has 96 valence electrons. The summed E-state index contributed by atoms with van der Waals surface area (Å²) in [5.74, 6) is 5.52. The summed E-state index contributed by atoms with van der Waals surface area (Å²) in [5, 5.41) is 2.83. The predicted molar refractivity (Wildman–Crippen MR) is 77.2 cm³/mol. The SMILES string of the molecule is Cc1ncccc1NC(=O)c1ccc(C#CCN)s1. The Hall–Kier alpha value is -2.16. The highest BCUT2D eigenvalue weighted by atomic mass is 32.1. The van der Waals surface area contributed by atoms with Gasteiger partial charge >= 0.3 is 0 Å². The minimum atomic E-state index is -0.151. The zero-order valence-corrected chi connectivity index (χ0v) is 11.3. The first-order valence-electron chi connectivity index (χ1n) is 5.72. The van der Waals surface area contributed by atoms with Crippen molar-refractivity contribution in [3.05, 3.63) is 45.9 Å². The normalized spacial score (nSPS) is 9.58. The summed E-state index contributed by atoms with van der Waals surface area (Å²) in [4.78, 5) is 17.6. The van der Waals surface area contributed by atoms with Gasteiger partial charge in [-0.2, -0.15) is 0 Å². The smallest absolute Gasteiger partial charge is 0.265 e. The largest absolute Gasteiger partial charge is 0.320 e. The number of pyridine rings is 1. The van der Waals surface area contributed by atoms with Crippen LogP contribution in [0.1, 0.15) is 20.2 Å². The topological polar surface area (TPSA) is 68.0 Å². The molecule has 0 unspecified atom stereocenters. The number of nitrogens with two attached hydrogens (primary N) is 1. The average Bonchev–Trinajstić information content (AvgIpc) is 2.88. The first kappa shape index (κ1) is 13.3. The van der Waals surface area contributed by atoms with Gasteiger partial charge in [0.05, 0.1) is 27.7 Å². The highest BCUT2D eigenvalue weighted by molar-refractivity contribution is 7.14. The molecule has 2 rings (SSSR count). The van der Waals surface area contributed by atoms with E-state index in [0.717, 1.165) is 16.3 Å². The van der Waals surface area contributed by atoms with Gasteiger partial charge in [0.2, 0.25) is 0 Å². The van der Waals surface area contributed by atoms with Crippen LogP contribution in [-0.2, 0) is 0 Å². The minimum absolute atomic E-state index is 0.151. The molecule has 0 aromatic carbocycles. The van der Waals surface area contributed by atoms with Gasteiger partial charge in [0.25, 0.3) is 5.91 Å². The third-order valence-electron chi connectivity index (χ3n) is 2.40. The molecular weight excluding hydrogens is 258 g/mol. The molecule has 3 N–H and O–H groups in total. The zero-order chi connectivity index (χ0) is 13.7. The highest BCUT2D eigenvalue weighted by Gasteiger charge is 2.10. The second-order valence-electron chi connectivity index (χ2n) is 3.76. The van der Waals surface area contributed by atoms with Gasteiger partial charge in [-0.3, -0.25) is 9.78 Å².